The number of aliphatic carboxylic acids is 1. The number of amides is 1. The molecule has 6 heteroatoms. The Balaban J connectivity index is 1.86. The monoisotopic (exact) mass is 394 g/mol. The van der Waals surface area contributed by atoms with Gasteiger partial charge in [-0.05, 0) is 85.5 Å². The lowest BCUT2D eigenvalue weighted by atomic mass is 10.1. The summed E-state index contributed by atoms with van der Waals surface area (Å²) in [4.78, 5) is 23.7. The van der Waals surface area contributed by atoms with Gasteiger partial charge >= 0.3 is 5.97 Å². The fraction of sp³-hybridized carbons (Fsp3) is 0.217. The summed E-state index contributed by atoms with van der Waals surface area (Å²) < 4.78 is 15.1. The number of hydrogen-bond donors (Lipinski definition) is 2. The quantitative estimate of drug-likeness (QED) is 0.617. The third-order valence-corrected chi connectivity index (χ3v) is 4.90. The van der Waals surface area contributed by atoms with Gasteiger partial charge in [-0.2, -0.15) is 0 Å². The van der Waals surface area contributed by atoms with E-state index in [1.165, 1.54) is 12.1 Å². The summed E-state index contributed by atoms with van der Waals surface area (Å²) in [5.74, 6) is -1.46. The highest BCUT2D eigenvalue weighted by Gasteiger charge is 2.15. The first-order valence-corrected chi connectivity index (χ1v) is 9.37. The van der Waals surface area contributed by atoms with Crippen LogP contribution in [0.25, 0.3) is 11.3 Å². The van der Waals surface area contributed by atoms with E-state index >= 15 is 0 Å². The standard InChI is InChI=1S/C23H23FN2O3/c1-15-3-8-19(13-16(15)2)25-22(27)14-26-20(10-12-23(28)29)9-11-21(26)17-4-6-18(24)7-5-17/h3-9,11,13H,10,12,14H2,1-2H3,(H,25,27)(H,28,29). The highest BCUT2D eigenvalue weighted by atomic mass is 19.1. The van der Waals surface area contributed by atoms with Gasteiger partial charge in [-0.25, -0.2) is 4.39 Å². The van der Waals surface area contributed by atoms with Crippen molar-refractivity contribution in [3.63, 3.8) is 0 Å². The van der Waals surface area contributed by atoms with E-state index < -0.39 is 5.97 Å². The van der Waals surface area contributed by atoms with Crippen LogP contribution in [0.3, 0.4) is 0 Å². The molecule has 0 radical (unpaired) electrons. The summed E-state index contributed by atoms with van der Waals surface area (Å²) >= 11 is 0. The molecule has 0 atom stereocenters. The van der Waals surface area contributed by atoms with E-state index in [2.05, 4.69) is 5.32 Å². The van der Waals surface area contributed by atoms with Crippen molar-refractivity contribution in [2.75, 3.05) is 5.32 Å². The molecule has 150 valence electrons. The van der Waals surface area contributed by atoms with Gasteiger partial charge in [-0.15, -0.1) is 0 Å². The number of carboxylic acid groups (broad SMARTS) is 1. The molecule has 1 heterocycles. The minimum Gasteiger partial charge on any atom is -0.481 e. The first-order chi connectivity index (χ1) is 13.8. The molecule has 0 spiro atoms. The first kappa shape index (κ1) is 20.3. The molecule has 1 amide bonds. The lowest BCUT2D eigenvalue weighted by Gasteiger charge is -2.14. The molecule has 0 saturated carbocycles. The van der Waals surface area contributed by atoms with E-state index in [-0.39, 0.29) is 24.7 Å². The first-order valence-electron chi connectivity index (χ1n) is 9.37. The van der Waals surface area contributed by atoms with Crippen molar-refractivity contribution >= 4 is 17.6 Å². The Morgan fingerprint density at radius 3 is 2.38 bits per heavy atom. The number of carboxylic acids is 1. The summed E-state index contributed by atoms with van der Waals surface area (Å²) in [6, 6.07) is 15.4. The molecule has 2 N–H and O–H groups in total. The van der Waals surface area contributed by atoms with Gasteiger partial charge in [0.15, 0.2) is 0 Å². The van der Waals surface area contributed by atoms with Crippen LogP contribution < -0.4 is 5.32 Å². The van der Waals surface area contributed by atoms with Gasteiger partial charge in [0.1, 0.15) is 12.4 Å². The van der Waals surface area contributed by atoms with E-state index in [0.717, 1.165) is 28.1 Å². The minimum atomic E-state index is -0.902. The van der Waals surface area contributed by atoms with E-state index in [1.54, 1.807) is 16.7 Å². The Bertz CT molecular complexity index is 1040. The summed E-state index contributed by atoms with van der Waals surface area (Å²) in [5.41, 5.74) is 5.16. The Hall–Kier alpha value is -3.41. The number of halogens is 1. The zero-order chi connectivity index (χ0) is 21.0. The van der Waals surface area contributed by atoms with Crippen LogP contribution in [0.1, 0.15) is 23.2 Å². The predicted octanol–water partition coefficient (Wildman–Crippen LogP) is 4.57. The topological polar surface area (TPSA) is 71.3 Å². The van der Waals surface area contributed by atoms with Crippen LogP contribution in [-0.2, 0) is 22.6 Å². The Kier molecular flexibility index (Phi) is 6.12. The molecular formula is C23H23FN2O3. The predicted molar refractivity (Wildman–Crippen MR) is 110 cm³/mol. The Labute approximate surface area is 168 Å². The number of carbonyl (C=O) groups is 2. The molecule has 0 unspecified atom stereocenters. The maximum atomic E-state index is 13.3. The van der Waals surface area contributed by atoms with Crippen molar-refractivity contribution in [2.45, 2.75) is 33.2 Å². The normalized spacial score (nSPS) is 10.7. The fourth-order valence-corrected chi connectivity index (χ4v) is 3.19. The van der Waals surface area contributed by atoms with Gasteiger partial charge in [-0.1, -0.05) is 6.07 Å². The molecule has 0 aliphatic rings. The van der Waals surface area contributed by atoms with Crippen LogP contribution in [0.5, 0.6) is 0 Å². The SMILES string of the molecule is Cc1ccc(NC(=O)Cn2c(CCC(=O)O)ccc2-c2ccc(F)cc2)cc1C. The Morgan fingerprint density at radius 2 is 1.72 bits per heavy atom. The van der Waals surface area contributed by atoms with Gasteiger partial charge in [0.2, 0.25) is 5.91 Å². The van der Waals surface area contributed by atoms with Gasteiger partial charge in [0.05, 0.1) is 6.42 Å². The molecule has 3 aromatic rings. The van der Waals surface area contributed by atoms with Crippen molar-refractivity contribution < 1.29 is 19.1 Å². The number of hydrogen-bond acceptors (Lipinski definition) is 2. The van der Waals surface area contributed by atoms with Crippen molar-refractivity contribution in [3.8, 4) is 11.3 Å². The number of aryl methyl sites for hydroxylation is 3. The average molecular weight is 394 g/mol. The highest BCUT2D eigenvalue weighted by molar-refractivity contribution is 5.91. The smallest absolute Gasteiger partial charge is 0.303 e. The fourth-order valence-electron chi connectivity index (χ4n) is 3.19. The molecule has 0 aliphatic carbocycles. The largest absolute Gasteiger partial charge is 0.481 e. The molecule has 0 aliphatic heterocycles. The van der Waals surface area contributed by atoms with Crippen LogP contribution in [-0.4, -0.2) is 21.6 Å². The molecule has 3 rings (SSSR count). The third kappa shape index (κ3) is 5.10. The molecule has 0 saturated heterocycles. The van der Waals surface area contributed by atoms with Crippen LogP contribution in [0.15, 0.2) is 54.6 Å². The number of carbonyl (C=O) groups excluding carboxylic acids is 1. The highest BCUT2D eigenvalue weighted by Crippen LogP contribution is 2.24. The number of rotatable bonds is 7. The molecule has 29 heavy (non-hydrogen) atoms. The second-order valence-electron chi connectivity index (χ2n) is 7.04. The van der Waals surface area contributed by atoms with Gasteiger partial charge < -0.3 is 15.0 Å². The number of nitrogens with one attached hydrogen (secondary N) is 1. The van der Waals surface area contributed by atoms with E-state index in [0.29, 0.717) is 12.1 Å². The van der Waals surface area contributed by atoms with Gasteiger partial charge in [0, 0.05) is 17.1 Å². The number of benzene rings is 2. The lowest BCUT2D eigenvalue weighted by molar-refractivity contribution is -0.137. The summed E-state index contributed by atoms with van der Waals surface area (Å²) in [6.45, 7) is 4.01. The summed E-state index contributed by atoms with van der Waals surface area (Å²) in [7, 11) is 0. The van der Waals surface area contributed by atoms with Gasteiger partial charge in [-0.3, -0.25) is 9.59 Å². The van der Waals surface area contributed by atoms with Crippen molar-refractivity contribution in [3.05, 3.63) is 77.2 Å². The maximum absolute atomic E-state index is 13.3. The molecule has 0 bridgehead atoms. The lowest BCUT2D eigenvalue weighted by Crippen LogP contribution is -2.21. The Morgan fingerprint density at radius 1 is 1.00 bits per heavy atom. The number of anilines is 1. The molecule has 2 aromatic carbocycles. The summed E-state index contributed by atoms with van der Waals surface area (Å²) in [6.07, 6.45) is 0.263. The van der Waals surface area contributed by atoms with E-state index in [9.17, 15) is 14.0 Å². The van der Waals surface area contributed by atoms with Crippen molar-refractivity contribution in [1.29, 1.82) is 0 Å². The van der Waals surface area contributed by atoms with E-state index in [1.807, 2.05) is 44.2 Å². The number of aromatic nitrogens is 1. The number of nitrogens with zero attached hydrogens (tertiary/aromatic N) is 1. The van der Waals surface area contributed by atoms with Crippen LogP contribution >= 0.6 is 0 Å². The molecular weight excluding hydrogens is 371 g/mol. The molecule has 0 fully saturated rings. The summed E-state index contributed by atoms with van der Waals surface area (Å²) in [5, 5.41) is 11.9. The van der Waals surface area contributed by atoms with Crippen molar-refractivity contribution in [2.24, 2.45) is 0 Å². The zero-order valence-corrected chi connectivity index (χ0v) is 16.4. The van der Waals surface area contributed by atoms with Crippen LogP contribution in [0.4, 0.5) is 10.1 Å². The van der Waals surface area contributed by atoms with Crippen molar-refractivity contribution in [1.82, 2.24) is 4.57 Å². The third-order valence-electron chi connectivity index (χ3n) is 4.90. The van der Waals surface area contributed by atoms with Crippen LogP contribution in [0.2, 0.25) is 0 Å². The minimum absolute atomic E-state index is 0.0294. The zero-order valence-electron chi connectivity index (χ0n) is 16.4. The second-order valence-corrected chi connectivity index (χ2v) is 7.04. The van der Waals surface area contributed by atoms with Gasteiger partial charge in [0.25, 0.3) is 0 Å². The molecule has 1 aromatic heterocycles. The maximum Gasteiger partial charge on any atom is 0.303 e. The molecule has 5 nitrogen and oxygen atoms in total. The van der Waals surface area contributed by atoms with E-state index in [4.69, 9.17) is 5.11 Å². The average Bonchev–Trinajstić information content (AvgIpc) is 3.06. The van der Waals surface area contributed by atoms with Crippen LogP contribution in [0, 0.1) is 19.7 Å². The second kappa shape index (κ2) is 8.73.